The Labute approximate surface area is 204 Å². The van der Waals surface area contributed by atoms with Crippen LogP contribution in [0.25, 0.3) is 28.7 Å². The molecule has 0 aliphatic heterocycles. The van der Waals surface area contributed by atoms with Gasteiger partial charge >= 0.3 is 0 Å². The lowest BCUT2D eigenvalue weighted by Gasteiger charge is -2.13. The zero-order valence-corrected chi connectivity index (χ0v) is 19.8. The Morgan fingerprint density at radius 1 is 0.971 bits per heavy atom. The Bertz CT molecular complexity index is 1500. The number of aromatic nitrogens is 2. The summed E-state index contributed by atoms with van der Waals surface area (Å²) in [6, 6.07) is 14.0. The van der Waals surface area contributed by atoms with Gasteiger partial charge in [-0.05, 0) is 48.0 Å². The lowest BCUT2D eigenvalue weighted by atomic mass is 10.1. The summed E-state index contributed by atoms with van der Waals surface area (Å²) in [4.78, 5) is 28.9. The van der Waals surface area contributed by atoms with Crippen molar-refractivity contribution in [2.75, 3.05) is 21.3 Å². The van der Waals surface area contributed by atoms with Gasteiger partial charge < -0.3 is 14.2 Å². The first-order chi connectivity index (χ1) is 16.9. The summed E-state index contributed by atoms with van der Waals surface area (Å²) in [6.07, 6.45) is 3.34. The number of hydrogen-bond acceptors (Lipinski definition) is 7. The fraction of sp³-hybridized carbons (Fsp3) is 0.120. The molecule has 0 saturated heterocycles. The molecular formula is C25H20ClN3O6. The first-order valence-electron chi connectivity index (χ1n) is 10.3. The van der Waals surface area contributed by atoms with Gasteiger partial charge in [0.25, 0.3) is 11.2 Å². The number of non-ortho nitro benzene ring substituents is 1. The molecule has 1 heterocycles. The summed E-state index contributed by atoms with van der Waals surface area (Å²) >= 11 is 6.12. The van der Waals surface area contributed by atoms with E-state index in [9.17, 15) is 14.9 Å². The highest BCUT2D eigenvalue weighted by Gasteiger charge is 2.16. The summed E-state index contributed by atoms with van der Waals surface area (Å²) in [7, 11) is 4.54. The summed E-state index contributed by atoms with van der Waals surface area (Å²) < 4.78 is 17.5. The molecule has 0 N–H and O–H groups in total. The molecule has 0 amide bonds. The molecule has 0 spiro atoms. The molecule has 0 radical (unpaired) electrons. The number of methoxy groups -OCH3 is 3. The van der Waals surface area contributed by atoms with Crippen LogP contribution in [0.1, 0.15) is 11.4 Å². The van der Waals surface area contributed by atoms with Crippen LogP contribution in [0.5, 0.6) is 17.2 Å². The number of rotatable bonds is 7. The second-order valence-corrected chi connectivity index (χ2v) is 7.78. The molecule has 3 aromatic carbocycles. The third-order valence-corrected chi connectivity index (χ3v) is 5.50. The highest BCUT2D eigenvalue weighted by atomic mass is 35.5. The molecule has 0 aliphatic carbocycles. The van der Waals surface area contributed by atoms with Crippen LogP contribution >= 0.6 is 11.6 Å². The van der Waals surface area contributed by atoms with Gasteiger partial charge in [-0.1, -0.05) is 23.7 Å². The minimum Gasteiger partial charge on any atom is -0.493 e. The molecule has 0 bridgehead atoms. The van der Waals surface area contributed by atoms with Crippen LogP contribution < -0.4 is 19.8 Å². The van der Waals surface area contributed by atoms with Crippen molar-refractivity contribution in [2.45, 2.75) is 0 Å². The third kappa shape index (κ3) is 4.67. The summed E-state index contributed by atoms with van der Waals surface area (Å²) in [5, 5.41) is 12.1. The van der Waals surface area contributed by atoms with E-state index in [-0.39, 0.29) is 11.5 Å². The molecule has 178 valence electrons. The SMILES string of the molecule is COc1cc(/C=C/c2nc3cc(Cl)ccc3c(=O)n2-c2cccc([N+](=O)[O-])c2)cc(OC)c1OC. The van der Waals surface area contributed by atoms with E-state index in [1.807, 2.05) is 0 Å². The quantitative estimate of drug-likeness (QED) is 0.259. The average Bonchev–Trinajstić information content (AvgIpc) is 2.86. The molecular weight excluding hydrogens is 474 g/mol. The number of nitro groups is 1. The zero-order chi connectivity index (χ0) is 25.1. The first-order valence-corrected chi connectivity index (χ1v) is 10.7. The van der Waals surface area contributed by atoms with E-state index in [0.717, 1.165) is 0 Å². The number of ether oxygens (including phenoxy) is 3. The molecule has 10 heteroatoms. The smallest absolute Gasteiger partial charge is 0.271 e. The van der Waals surface area contributed by atoms with Crippen molar-refractivity contribution in [3.63, 3.8) is 0 Å². The Hall–Kier alpha value is -4.37. The average molecular weight is 494 g/mol. The maximum absolute atomic E-state index is 13.5. The maximum atomic E-state index is 13.5. The Kier molecular flexibility index (Phi) is 6.70. The second-order valence-electron chi connectivity index (χ2n) is 7.34. The first kappa shape index (κ1) is 23.8. The highest BCUT2D eigenvalue weighted by molar-refractivity contribution is 6.31. The van der Waals surface area contributed by atoms with Crippen molar-refractivity contribution in [2.24, 2.45) is 0 Å². The molecule has 0 saturated carbocycles. The van der Waals surface area contributed by atoms with Gasteiger partial charge in [-0.15, -0.1) is 0 Å². The van der Waals surface area contributed by atoms with Crippen molar-refractivity contribution >= 4 is 40.3 Å². The van der Waals surface area contributed by atoms with E-state index in [4.69, 9.17) is 25.8 Å². The monoisotopic (exact) mass is 493 g/mol. The number of nitro benzene ring substituents is 1. The molecule has 35 heavy (non-hydrogen) atoms. The molecule has 0 aliphatic rings. The molecule has 0 atom stereocenters. The van der Waals surface area contributed by atoms with E-state index in [0.29, 0.717) is 44.4 Å². The van der Waals surface area contributed by atoms with Crippen LogP contribution in [0, 0.1) is 10.1 Å². The summed E-state index contributed by atoms with van der Waals surface area (Å²) in [6.45, 7) is 0. The van der Waals surface area contributed by atoms with Gasteiger partial charge in [0, 0.05) is 17.2 Å². The van der Waals surface area contributed by atoms with Gasteiger partial charge in [-0.25, -0.2) is 4.98 Å². The lowest BCUT2D eigenvalue weighted by Crippen LogP contribution is -2.22. The third-order valence-electron chi connectivity index (χ3n) is 5.27. The number of fused-ring (bicyclic) bond motifs is 1. The largest absolute Gasteiger partial charge is 0.493 e. The van der Waals surface area contributed by atoms with Crippen molar-refractivity contribution in [1.29, 1.82) is 0 Å². The minimum absolute atomic E-state index is 0.148. The Morgan fingerprint density at radius 3 is 2.31 bits per heavy atom. The van der Waals surface area contributed by atoms with Crippen LogP contribution in [-0.4, -0.2) is 35.8 Å². The Morgan fingerprint density at radius 2 is 1.69 bits per heavy atom. The predicted molar refractivity (Wildman–Crippen MR) is 134 cm³/mol. The van der Waals surface area contributed by atoms with Crippen LogP contribution in [-0.2, 0) is 0 Å². The highest BCUT2D eigenvalue weighted by Crippen LogP contribution is 2.38. The lowest BCUT2D eigenvalue weighted by molar-refractivity contribution is -0.384. The minimum atomic E-state index is -0.520. The summed E-state index contributed by atoms with van der Waals surface area (Å²) in [5.74, 6) is 1.61. The van der Waals surface area contributed by atoms with E-state index in [1.54, 1.807) is 48.6 Å². The second kappa shape index (κ2) is 9.86. The normalized spacial score (nSPS) is 11.1. The van der Waals surface area contributed by atoms with Crippen molar-refractivity contribution < 1.29 is 19.1 Å². The van der Waals surface area contributed by atoms with Gasteiger partial charge in [0.05, 0.1) is 42.8 Å². The topological polar surface area (TPSA) is 106 Å². The van der Waals surface area contributed by atoms with Crippen LogP contribution in [0.4, 0.5) is 5.69 Å². The molecule has 0 fully saturated rings. The van der Waals surface area contributed by atoms with Crippen molar-refractivity contribution in [3.05, 3.63) is 91.5 Å². The summed E-state index contributed by atoms with van der Waals surface area (Å²) in [5.41, 5.74) is 0.846. The number of nitrogens with zero attached hydrogens (tertiary/aromatic N) is 3. The molecule has 4 aromatic rings. The van der Waals surface area contributed by atoms with Crippen LogP contribution in [0.2, 0.25) is 5.02 Å². The predicted octanol–water partition coefficient (Wildman–Crippen LogP) is 5.14. The van der Waals surface area contributed by atoms with Crippen LogP contribution in [0.3, 0.4) is 0 Å². The van der Waals surface area contributed by atoms with Crippen molar-refractivity contribution in [1.82, 2.24) is 9.55 Å². The number of halogens is 1. The van der Waals surface area contributed by atoms with Gasteiger partial charge in [0.2, 0.25) is 5.75 Å². The molecule has 4 rings (SSSR count). The Balaban J connectivity index is 1.94. The van der Waals surface area contributed by atoms with Gasteiger partial charge in [0.1, 0.15) is 5.82 Å². The maximum Gasteiger partial charge on any atom is 0.271 e. The molecule has 1 aromatic heterocycles. The number of hydrogen-bond donors (Lipinski definition) is 0. The van der Waals surface area contributed by atoms with E-state index < -0.39 is 10.5 Å². The van der Waals surface area contributed by atoms with Crippen LogP contribution in [0.15, 0.2) is 59.4 Å². The van der Waals surface area contributed by atoms with E-state index in [2.05, 4.69) is 4.98 Å². The molecule has 9 nitrogen and oxygen atoms in total. The number of benzene rings is 3. The zero-order valence-electron chi connectivity index (χ0n) is 19.0. The fourth-order valence-electron chi connectivity index (χ4n) is 3.65. The van der Waals surface area contributed by atoms with E-state index >= 15 is 0 Å². The standard InChI is InChI=1S/C25H20ClN3O6/c1-33-21-11-15(12-22(34-2)24(21)35-3)7-10-23-27-20-13-16(26)8-9-19(20)25(30)28(23)17-5-4-6-18(14-17)29(31)32/h4-14H,1-3H3/b10-7+. The van der Waals surface area contributed by atoms with Crippen molar-refractivity contribution in [3.8, 4) is 22.9 Å². The van der Waals surface area contributed by atoms with Gasteiger partial charge in [-0.3, -0.25) is 19.5 Å². The van der Waals surface area contributed by atoms with E-state index in [1.165, 1.54) is 44.1 Å². The van der Waals surface area contributed by atoms with Gasteiger partial charge in [-0.2, -0.15) is 0 Å². The molecule has 0 unspecified atom stereocenters. The van der Waals surface area contributed by atoms with Gasteiger partial charge in [0.15, 0.2) is 11.5 Å². The fourth-order valence-corrected chi connectivity index (χ4v) is 3.82.